The van der Waals surface area contributed by atoms with E-state index in [1.54, 1.807) is 35.1 Å². The molecule has 1 atom stereocenters. The SMILES string of the molecule is CC(=O)OCC(=O)NS(=O)(=O)c1ccc(N2N=C(C(F)(F)F)CC2c2ccccc2)cc1. The second kappa shape index (κ2) is 8.99. The Balaban J connectivity index is 1.84. The van der Waals surface area contributed by atoms with Crippen LogP contribution in [0.4, 0.5) is 18.9 Å². The van der Waals surface area contributed by atoms with Crippen LogP contribution in [0.5, 0.6) is 0 Å². The molecule has 1 unspecified atom stereocenters. The van der Waals surface area contributed by atoms with Gasteiger partial charge in [0, 0.05) is 13.3 Å². The number of hydrogen-bond acceptors (Lipinski definition) is 7. The van der Waals surface area contributed by atoms with Crippen molar-refractivity contribution in [3.8, 4) is 0 Å². The van der Waals surface area contributed by atoms with Crippen molar-refractivity contribution in [3.63, 3.8) is 0 Å². The summed E-state index contributed by atoms with van der Waals surface area (Å²) in [6, 6.07) is 12.7. The average Bonchev–Trinajstić information content (AvgIpc) is 3.19. The number of rotatable bonds is 6. The Morgan fingerprint density at radius 1 is 1.12 bits per heavy atom. The van der Waals surface area contributed by atoms with Crippen molar-refractivity contribution in [2.45, 2.75) is 30.5 Å². The maximum absolute atomic E-state index is 13.3. The van der Waals surface area contributed by atoms with Crippen molar-refractivity contribution in [2.75, 3.05) is 11.6 Å². The lowest BCUT2D eigenvalue weighted by molar-refractivity contribution is -0.145. The molecule has 1 heterocycles. The van der Waals surface area contributed by atoms with Gasteiger partial charge in [0.25, 0.3) is 15.9 Å². The third-order valence-electron chi connectivity index (χ3n) is 4.49. The molecule has 32 heavy (non-hydrogen) atoms. The van der Waals surface area contributed by atoms with Crippen molar-refractivity contribution in [2.24, 2.45) is 5.10 Å². The number of amides is 1. The van der Waals surface area contributed by atoms with Gasteiger partial charge in [-0.15, -0.1) is 0 Å². The number of anilines is 1. The topological polar surface area (TPSA) is 105 Å². The van der Waals surface area contributed by atoms with Gasteiger partial charge in [-0.3, -0.25) is 14.6 Å². The number of hydrogen-bond donors (Lipinski definition) is 1. The summed E-state index contributed by atoms with van der Waals surface area (Å²) in [6.45, 7) is 0.294. The van der Waals surface area contributed by atoms with Crippen LogP contribution in [-0.2, 0) is 24.3 Å². The van der Waals surface area contributed by atoms with Crippen LogP contribution >= 0.6 is 0 Å². The molecule has 0 bridgehead atoms. The summed E-state index contributed by atoms with van der Waals surface area (Å²) in [4.78, 5) is 22.1. The predicted molar refractivity (Wildman–Crippen MR) is 108 cm³/mol. The highest BCUT2D eigenvalue weighted by atomic mass is 32.2. The quantitative estimate of drug-likeness (QED) is 0.653. The number of ether oxygens (including phenoxy) is 1. The Morgan fingerprint density at radius 2 is 1.75 bits per heavy atom. The number of sulfonamides is 1. The number of carbonyl (C=O) groups excluding carboxylic acids is 2. The molecule has 170 valence electrons. The highest BCUT2D eigenvalue weighted by Gasteiger charge is 2.43. The maximum Gasteiger partial charge on any atom is 0.431 e. The van der Waals surface area contributed by atoms with Crippen LogP contribution in [0.1, 0.15) is 24.9 Å². The van der Waals surface area contributed by atoms with E-state index in [1.165, 1.54) is 17.1 Å². The van der Waals surface area contributed by atoms with Crippen LogP contribution < -0.4 is 9.73 Å². The molecule has 0 saturated carbocycles. The summed E-state index contributed by atoms with van der Waals surface area (Å²) >= 11 is 0. The fraction of sp³-hybridized carbons (Fsp3) is 0.250. The van der Waals surface area contributed by atoms with E-state index >= 15 is 0 Å². The summed E-state index contributed by atoms with van der Waals surface area (Å²) in [6.07, 6.45) is -4.96. The Morgan fingerprint density at radius 3 is 2.31 bits per heavy atom. The zero-order valence-electron chi connectivity index (χ0n) is 16.7. The molecular formula is C20H18F3N3O5S. The molecule has 1 N–H and O–H groups in total. The third kappa shape index (κ3) is 5.44. The van der Waals surface area contributed by atoms with Gasteiger partial charge in [0.2, 0.25) is 0 Å². The van der Waals surface area contributed by atoms with E-state index in [9.17, 15) is 31.2 Å². The van der Waals surface area contributed by atoms with E-state index < -0.39 is 46.4 Å². The second-order valence-corrected chi connectivity index (χ2v) is 8.50. The lowest BCUT2D eigenvalue weighted by atomic mass is 10.0. The summed E-state index contributed by atoms with van der Waals surface area (Å²) in [7, 11) is -4.27. The van der Waals surface area contributed by atoms with Crippen molar-refractivity contribution in [1.29, 1.82) is 0 Å². The van der Waals surface area contributed by atoms with Crippen molar-refractivity contribution >= 4 is 33.3 Å². The number of alkyl halides is 3. The Hall–Kier alpha value is -3.41. The van der Waals surface area contributed by atoms with Crippen molar-refractivity contribution < 1.29 is 35.9 Å². The maximum atomic E-state index is 13.3. The van der Waals surface area contributed by atoms with E-state index in [-0.39, 0.29) is 17.0 Å². The Labute approximate surface area is 181 Å². The molecule has 0 aliphatic carbocycles. The third-order valence-corrected chi connectivity index (χ3v) is 5.88. The smallest absolute Gasteiger partial charge is 0.431 e. The largest absolute Gasteiger partial charge is 0.456 e. The normalized spacial score (nSPS) is 16.4. The molecule has 0 radical (unpaired) electrons. The van der Waals surface area contributed by atoms with Gasteiger partial charge < -0.3 is 4.74 Å². The molecule has 0 spiro atoms. The number of carbonyl (C=O) groups is 2. The van der Waals surface area contributed by atoms with Gasteiger partial charge in [0.05, 0.1) is 16.6 Å². The molecule has 12 heteroatoms. The standard InChI is InChI=1S/C20H18F3N3O5S/c1-13(27)31-12-19(28)25-32(29,30)16-9-7-15(8-10-16)26-17(14-5-3-2-4-6-14)11-18(24-26)20(21,22)23/h2-10,17H,11-12H2,1H3,(H,25,28). The van der Waals surface area contributed by atoms with Gasteiger partial charge in [-0.1, -0.05) is 30.3 Å². The van der Waals surface area contributed by atoms with E-state index in [2.05, 4.69) is 9.84 Å². The monoisotopic (exact) mass is 469 g/mol. The number of nitrogens with zero attached hydrogens (tertiary/aromatic N) is 2. The number of esters is 1. The molecule has 2 aromatic carbocycles. The molecule has 1 aliphatic rings. The van der Waals surface area contributed by atoms with E-state index in [0.717, 1.165) is 19.1 Å². The molecule has 0 aromatic heterocycles. The predicted octanol–water partition coefficient (Wildman–Crippen LogP) is 2.92. The first kappa shape index (κ1) is 23.3. The number of halogens is 3. The minimum absolute atomic E-state index is 0.239. The van der Waals surface area contributed by atoms with Crippen LogP contribution in [0, 0.1) is 0 Å². The zero-order valence-corrected chi connectivity index (χ0v) is 17.5. The van der Waals surface area contributed by atoms with Gasteiger partial charge in [-0.05, 0) is 29.8 Å². The first-order valence-corrected chi connectivity index (χ1v) is 10.7. The molecule has 2 aromatic rings. The molecular weight excluding hydrogens is 451 g/mol. The number of hydrazone groups is 1. The summed E-state index contributed by atoms with van der Waals surface area (Å²) < 4.78 is 70.7. The average molecular weight is 469 g/mol. The fourth-order valence-electron chi connectivity index (χ4n) is 3.04. The first-order chi connectivity index (χ1) is 15.0. The number of nitrogens with one attached hydrogen (secondary N) is 1. The molecule has 0 saturated heterocycles. The minimum Gasteiger partial charge on any atom is -0.456 e. The van der Waals surface area contributed by atoms with Crippen LogP contribution in [0.3, 0.4) is 0 Å². The lowest BCUT2D eigenvalue weighted by Gasteiger charge is -2.24. The van der Waals surface area contributed by atoms with Crippen LogP contribution in [0.25, 0.3) is 0 Å². The van der Waals surface area contributed by atoms with Crippen LogP contribution in [0.15, 0.2) is 64.6 Å². The summed E-state index contributed by atoms with van der Waals surface area (Å²) in [5.41, 5.74) is -0.0889. The summed E-state index contributed by atoms with van der Waals surface area (Å²) in [5, 5.41) is 4.91. The van der Waals surface area contributed by atoms with Crippen molar-refractivity contribution in [3.05, 3.63) is 60.2 Å². The molecule has 1 aliphatic heterocycles. The number of benzene rings is 2. The van der Waals surface area contributed by atoms with E-state index in [0.29, 0.717) is 5.56 Å². The van der Waals surface area contributed by atoms with Crippen LogP contribution in [0.2, 0.25) is 0 Å². The van der Waals surface area contributed by atoms with Gasteiger partial charge in [0.1, 0.15) is 5.71 Å². The molecule has 8 nitrogen and oxygen atoms in total. The second-order valence-electron chi connectivity index (χ2n) is 6.82. The van der Waals surface area contributed by atoms with Crippen molar-refractivity contribution in [1.82, 2.24) is 4.72 Å². The minimum atomic E-state index is -4.60. The Bertz CT molecular complexity index is 1130. The fourth-order valence-corrected chi connectivity index (χ4v) is 4.01. The van der Waals surface area contributed by atoms with E-state index in [1.807, 2.05) is 0 Å². The van der Waals surface area contributed by atoms with Gasteiger partial charge in [-0.25, -0.2) is 13.1 Å². The molecule has 0 fully saturated rings. The van der Waals surface area contributed by atoms with E-state index in [4.69, 9.17) is 0 Å². The van der Waals surface area contributed by atoms with Crippen LogP contribution in [-0.4, -0.2) is 38.8 Å². The highest BCUT2D eigenvalue weighted by Crippen LogP contribution is 2.39. The first-order valence-electron chi connectivity index (χ1n) is 9.25. The molecule has 3 rings (SSSR count). The Kier molecular flexibility index (Phi) is 6.53. The van der Waals surface area contributed by atoms with Gasteiger partial charge in [-0.2, -0.15) is 18.3 Å². The zero-order chi connectivity index (χ0) is 23.5. The van der Waals surface area contributed by atoms with Gasteiger partial charge >= 0.3 is 12.1 Å². The lowest BCUT2D eigenvalue weighted by Crippen LogP contribution is -2.34. The summed E-state index contributed by atoms with van der Waals surface area (Å²) in [5.74, 6) is -1.80. The molecule has 1 amide bonds. The highest BCUT2D eigenvalue weighted by molar-refractivity contribution is 7.90. The van der Waals surface area contributed by atoms with Gasteiger partial charge in [0.15, 0.2) is 6.61 Å².